The zero-order chi connectivity index (χ0) is 27.8. The molecule has 0 aliphatic heterocycles. The van der Waals surface area contributed by atoms with Crippen molar-refractivity contribution in [2.45, 2.75) is 174 Å². The third kappa shape index (κ3) is 7.71. The lowest BCUT2D eigenvalue weighted by molar-refractivity contribution is -0.153. The number of carbonyl (C=O) groups excluding carboxylic acids is 1. The fourth-order valence-corrected chi connectivity index (χ4v) is 10.0. The Balaban J connectivity index is 1.05. The van der Waals surface area contributed by atoms with E-state index in [9.17, 15) is 9.90 Å². The van der Waals surface area contributed by atoms with Gasteiger partial charge in [-0.05, 0) is 93.4 Å². The van der Waals surface area contributed by atoms with Crippen LogP contribution in [-0.2, 0) is 4.79 Å². The van der Waals surface area contributed by atoms with Crippen molar-refractivity contribution in [1.82, 2.24) is 5.32 Å². The van der Waals surface area contributed by atoms with Gasteiger partial charge in [-0.25, -0.2) is 0 Å². The van der Waals surface area contributed by atoms with E-state index in [1.807, 2.05) is 0 Å². The molecular weight excluding hydrogens is 478 g/mol. The Morgan fingerprint density at radius 1 is 0.744 bits per heavy atom. The number of nitrogens with one attached hydrogen (secondary N) is 1. The third-order valence-corrected chi connectivity index (χ3v) is 12.7. The maximum atomic E-state index is 12.7. The second-order valence-corrected chi connectivity index (χ2v) is 15.3. The normalized spacial score (nSPS) is 37.9. The number of aliphatic hydroxyl groups is 1. The van der Waals surface area contributed by atoms with Gasteiger partial charge in [0.25, 0.3) is 0 Å². The molecule has 0 unspecified atom stereocenters. The number of carbonyl (C=O) groups is 1. The first kappa shape index (κ1) is 31.5. The van der Waals surface area contributed by atoms with Gasteiger partial charge in [-0.1, -0.05) is 104 Å². The summed E-state index contributed by atoms with van der Waals surface area (Å²) in [5, 5.41) is 15.2. The summed E-state index contributed by atoms with van der Waals surface area (Å²) in [6.45, 7) is 8.99. The maximum absolute atomic E-state index is 12.7. The number of rotatable bonds is 17. The van der Waals surface area contributed by atoms with Crippen molar-refractivity contribution in [2.24, 2.45) is 34.5 Å². The molecule has 226 valence electrons. The fraction of sp³-hybridized carbons (Fsp3) is 0.972. The summed E-state index contributed by atoms with van der Waals surface area (Å²) >= 11 is 0. The van der Waals surface area contributed by atoms with Crippen LogP contribution in [0.15, 0.2) is 0 Å². The van der Waals surface area contributed by atoms with Gasteiger partial charge < -0.3 is 10.4 Å². The van der Waals surface area contributed by atoms with Gasteiger partial charge in [0.1, 0.15) is 5.78 Å². The molecule has 4 rings (SSSR count). The van der Waals surface area contributed by atoms with Crippen LogP contribution in [0.4, 0.5) is 0 Å². The van der Waals surface area contributed by atoms with Crippen LogP contribution in [0.5, 0.6) is 0 Å². The number of fused-ring (bicyclic) bond motifs is 5. The standard InChI is InChI=1S/C36H65NO2/c1-4-5-6-7-8-9-10-11-12-13-14-15-16-17-26-37-28-36(39)25-24-34(2)29(27-36)18-19-30-31-20-21-33(38)35(31,3)23-22-32(30)34/h29-32,37,39H,4-28H2,1-3H3/t29-,30-,31-,32-,34-,35-,36+/m0/s1. The minimum Gasteiger partial charge on any atom is -0.389 e. The van der Waals surface area contributed by atoms with Crippen molar-refractivity contribution in [3.8, 4) is 0 Å². The number of hydrogen-bond acceptors (Lipinski definition) is 3. The van der Waals surface area contributed by atoms with E-state index in [0.29, 0.717) is 23.0 Å². The van der Waals surface area contributed by atoms with Gasteiger partial charge in [-0.15, -0.1) is 0 Å². The van der Waals surface area contributed by atoms with Crippen LogP contribution < -0.4 is 5.32 Å². The van der Waals surface area contributed by atoms with Gasteiger partial charge in [0.05, 0.1) is 5.60 Å². The molecule has 0 amide bonds. The fourth-order valence-electron chi connectivity index (χ4n) is 10.0. The predicted octanol–water partition coefficient (Wildman–Crippen LogP) is 9.40. The summed E-state index contributed by atoms with van der Waals surface area (Å²) < 4.78 is 0. The zero-order valence-electron chi connectivity index (χ0n) is 26.3. The van der Waals surface area contributed by atoms with Crippen molar-refractivity contribution < 1.29 is 9.90 Å². The van der Waals surface area contributed by atoms with Crippen molar-refractivity contribution in [2.75, 3.05) is 13.1 Å². The van der Waals surface area contributed by atoms with Crippen LogP contribution in [0, 0.1) is 34.5 Å². The molecule has 4 aliphatic rings. The highest BCUT2D eigenvalue weighted by atomic mass is 16.3. The zero-order valence-corrected chi connectivity index (χ0v) is 26.3. The number of Topliss-reactive ketones (excluding diaryl/α,β-unsaturated/α-hetero) is 1. The first-order valence-electron chi connectivity index (χ1n) is 17.8. The van der Waals surface area contributed by atoms with E-state index in [4.69, 9.17) is 0 Å². The van der Waals surface area contributed by atoms with E-state index >= 15 is 0 Å². The van der Waals surface area contributed by atoms with Gasteiger partial charge in [-0.2, -0.15) is 0 Å². The average molecular weight is 544 g/mol. The van der Waals surface area contributed by atoms with Crippen LogP contribution in [0.25, 0.3) is 0 Å². The van der Waals surface area contributed by atoms with Crippen LogP contribution in [0.1, 0.15) is 168 Å². The summed E-state index contributed by atoms with van der Waals surface area (Å²) in [6, 6.07) is 0. The molecule has 0 heterocycles. The van der Waals surface area contributed by atoms with E-state index in [0.717, 1.165) is 57.0 Å². The lowest BCUT2D eigenvalue weighted by atomic mass is 9.44. The van der Waals surface area contributed by atoms with Crippen LogP contribution in [-0.4, -0.2) is 29.6 Å². The van der Waals surface area contributed by atoms with Gasteiger partial charge in [-0.3, -0.25) is 4.79 Å². The van der Waals surface area contributed by atoms with E-state index in [1.54, 1.807) is 0 Å². The van der Waals surface area contributed by atoms with Crippen LogP contribution in [0.2, 0.25) is 0 Å². The van der Waals surface area contributed by atoms with Crippen LogP contribution in [0.3, 0.4) is 0 Å². The SMILES string of the molecule is CCCCCCCCCCCCCCCCNC[C@@]1(O)CC[C@@]2(C)[C@@H](CC[C@@H]3[C@@H]2CC[C@]2(C)C(=O)CC[C@@H]32)C1. The van der Waals surface area contributed by atoms with Gasteiger partial charge >= 0.3 is 0 Å². The van der Waals surface area contributed by atoms with Crippen molar-refractivity contribution in [1.29, 1.82) is 0 Å². The summed E-state index contributed by atoms with van der Waals surface area (Å²) in [4.78, 5) is 12.7. The van der Waals surface area contributed by atoms with E-state index in [1.165, 1.54) is 116 Å². The summed E-state index contributed by atoms with van der Waals surface area (Å²) in [5.41, 5.74) is -0.160. The van der Waals surface area contributed by atoms with Crippen LogP contribution >= 0.6 is 0 Å². The Labute approximate surface area is 242 Å². The lowest BCUT2D eigenvalue weighted by Crippen LogP contribution is -2.57. The summed E-state index contributed by atoms with van der Waals surface area (Å²) in [6.07, 6.45) is 29.6. The second kappa shape index (κ2) is 14.7. The average Bonchev–Trinajstić information content (AvgIpc) is 3.23. The molecule has 7 atom stereocenters. The minimum atomic E-state index is -0.514. The quantitative estimate of drug-likeness (QED) is 0.180. The second-order valence-electron chi connectivity index (χ2n) is 15.3. The minimum absolute atomic E-state index is 0.0169. The molecule has 3 nitrogen and oxygen atoms in total. The Kier molecular flexibility index (Phi) is 11.9. The van der Waals surface area contributed by atoms with E-state index in [-0.39, 0.29) is 5.41 Å². The topological polar surface area (TPSA) is 49.3 Å². The maximum Gasteiger partial charge on any atom is 0.139 e. The molecule has 39 heavy (non-hydrogen) atoms. The van der Waals surface area contributed by atoms with Gasteiger partial charge in [0.2, 0.25) is 0 Å². The predicted molar refractivity (Wildman–Crippen MR) is 165 cm³/mol. The molecule has 0 saturated heterocycles. The molecule has 0 bridgehead atoms. The Bertz CT molecular complexity index is 752. The smallest absolute Gasteiger partial charge is 0.139 e. The highest BCUT2D eigenvalue weighted by Gasteiger charge is 2.61. The largest absolute Gasteiger partial charge is 0.389 e. The van der Waals surface area contributed by atoms with E-state index < -0.39 is 5.60 Å². The molecule has 0 radical (unpaired) electrons. The first-order valence-corrected chi connectivity index (χ1v) is 17.8. The van der Waals surface area contributed by atoms with E-state index in [2.05, 4.69) is 26.1 Å². The molecule has 4 saturated carbocycles. The molecule has 0 spiro atoms. The molecule has 4 aliphatic carbocycles. The highest BCUT2D eigenvalue weighted by Crippen LogP contribution is 2.66. The van der Waals surface area contributed by atoms with Crippen molar-refractivity contribution in [3.05, 3.63) is 0 Å². The Hall–Kier alpha value is -0.410. The van der Waals surface area contributed by atoms with Crippen molar-refractivity contribution in [3.63, 3.8) is 0 Å². The first-order chi connectivity index (χ1) is 18.8. The Morgan fingerprint density at radius 3 is 2.00 bits per heavy atom. The number of hydrogen-bond donors (Lipinski definition) is 2. The molecule has 4 fully saturated rings. The molecule has 2 N–H and O–H groups in total. The molecule has 0 aromatic rings. The molecule has 0 aromatic heterocycles. The van der Waals surface area contributed by atoms with Crippen molar-refractivity contribution >= 4 is 5.78 Å². The van der Waals surface area contributed by atoms with Gasteiger partial charge in [0.15, 0.2) is 0 Å². The Morgan fingerprint density at radius 2 is 1.36 bits per heavy atom. The summed E-state index contributed by atoms with van der Waals surface area (Å²) in [5.74, 6) is 3.37. The lowest BCUT2D eigenvalue weighted by Gasteiger charge is -2.61. The molecule has 0 aromatic carbocycles. The third-order valence-electron chi connectivity index (χ3n) is 12.7. The highest BCUT2D eigenvalue weighted by molar-refractivity contribution is 5.87. The monoisotopic (exact) mass is 544 g/mol. The number of unbranched alkanes of at least 4 members (excludes halogenated alkanes) is 13. The number of ketones is 1. The molecule has 3 heteroatoms. The van der Waals surface area contributed by atoms with Gasteiger partial charge in [0, 0.05) is 18.4 Å². The molecular formula is C36H65NO2. The summed E-state index contributed by atoms with van der Waals surface area (Å²) in [7, 11) is 0.